The van der Waals surface area contributed by atoms with Crippen LogP contribution in [0.4, 0.5) is 5.69 Å². The molecule has 0 aliphatic heterocycles. The zero-order chi connectivity index (χ0) is 15.5. The van der Waals surface area contributed by atoms with Gasteiger partial charge >= 0.3 is 0 Å². The molecule has 0 radical (unpaired) electrons. The van der Waals surface area contributed by atoms with Crippen LogP contribution >= 0.6 is 22.9 Å². The lowest BCUT2D eigenvalue weighted by Gasteiger charge is -2.01. The molecular formula is C15H9ClN4OS. The number of rotatable bonds is 3. The zero-order valence-electron chi connectivity index (χ0n) is 11.2. The number of fused-ring (bicyclic) bond motifs is 1. The van der Waals surface area contributed by atoms with Crippen LogP contribution in [0.15, 0.2) is 41.9 Å². The molecular weight excluding hydrogens is 320 g/mol. The van der Waals surface area contributed by atoms with E-state index in [9.17, 15) is 4.79 Å². The molecule has 0 aliphatic rings. The summed E-state index contributed by atoms with van der Waals surface area (Å²) in [4.78, 5) is 16.9. The van der Waals surface area contributed by atoms with Crippen molar-refractivity contribution < 1.29 is 4.79 Å². The number of nitriles is 1. The molecule has 2 aromatic heterocycles. The van der Waals surface area contributed by atoms with Gasteiger partial charge in [0.1, 0.15) is 0 Å². The predicted molar refractivity (Wildman–Crippen MR) is 86.9 cm³/mol. The number of imidazole rings is 1. The molecule has 3 aromatic rings. The van der Waals surface area contributed by atoms with Crippen LogP contribution < -0.4 is 5.32 Å². The molecule has 0 aliphatic carbocycles. The lowest BCUT2D eigenvalue weighted by molar-refractivity contribution is -0.111. The molecule has 2 heterocycles. The Labute approximate surface area is 135 Å². The molecule has 7 heteroatoms. The number of anilines is 1. The predicted octanol–water partition coefficient (Wildman–Crippen LogP) is 3.57. The van der Waals surface area contributed by atoms with Crippen LogP contribution in [0, 0.1) is 11.3 Å². The number of aromatic nitrogens is 2. The Morgan fingerprint density at radius 2 is 2.36 bits per heavy atom. The minimum absolute atomic E-state index is 0.309. The van der Waals surface area contributed by atoms with Crippen molar-refractivity contribution >= 4 is 45.6 Å². The number of carbonyl (C=O) groups is 1. The van der Waals surface area contributed by atoms with Gasteiger partial charge in [-0.25, -0.2) is 4.98 Å². The highest BCUT2D eigenvalue weighted by molar-refractivity contribution is 7.15. The summed E-state index contributed by atoms with van der Waals surface area (Å²) in [6.45, 7) is 0. The van der Waals surface area contributed by atoms with E-state index in [1.54, 1.807) is 30.3 Å². The molecule has 0 atom stereocenters. The van der Waals surface area contributed by atoms with Crippen LogP contribution in [-0.2, 0) is 4.79 Å². The smallest absolute Gasteiger partial charge is 0.248 e. The summed E-state index contributed by atoms with van der Waals surface area (Å²) < 4.78 is 1.81. The summed E-state index contributed by atoms with van der Waals surface area (Å²) in [6.07, 6.45) is 4.83. The Morgan fingerprint density at radius 3 is 3.18 bits per heavy atom. The van der Waals surface area contributed by atoms with Crippen molar-refractivity contribution in [3.63, 3.8) is 0 Å². The largest absolute Gasteiger partial charge is 0.322 e. The number of amides is 1. The summed E-state index contributed by atoms with van der Waals surface area (Å²) in [5, 5.41) is 13.8. The topological polar surface area (TPSA) is 70.2 Å². The van der Waals surface area contributed by atoms with Gasteiger partial charge in [0.2, 0.25) is 5.91 Å². The third-order valence-corrected chi connectivity index (χ3v) is 3.94. The van der Waals surface area contributed by atoms with Gasteiger partial charge in [0.25, 0.3) is 0 Å². The maximum Gasteiger partial charge on any atom is 0.248 e. The quantitative estimate of drug-likeness (QED) is 0.747. The fraction of sp³-hybridized carbons (Fsp3) is 0. The van der Waals surface area contributed by atoms with Gasteiger partial charge in [-0.1, -0.05) is 17.7 Å². The SMILES string of the molecule is N#Cc1cccc(NC(=O)/C=C/c2c(Cl)nc3sccn23)c1. The number of thiazole rings is 1. The molecule has 1 N–H and O–H groups in total. The Bertz CT molecular complexity index is 919. The first-order chi connectivity index (χ1) is 10.7. The number of benzene rings is 1. The van der Waals surface area contributed by atoms with Crippen LogP contribution in [0.5, 0.6) is 0 Å². The number of hydrogen-bond donors (Lipinski definition) is 1. The fourth-order valence-corrected chi connectivity index (χ4v) is 2.94. The average molecular weight is 329 g/mol. The number of halogens is 1. The average Bonchev–Trinajstić information content (AvgIpc) is 3.06. The van der Waals surface area contributed by atoms with E-state index in [0.717, 1.165) is 4.96 Å². The van der Waals surface area contributed by atoms with Crippen molar-refractivity contribution in [3.8, 4) is 6.07 Å². The summed E-state index contributed by atoms with van der Waals surface area (Å²) >= 11 is 7.51. The van der Waals surface area contributed by atoms with Gasteiger partial charge in [-0.15, -0.1) is 11.3 Å². The lowest BCUT2D eigenvalue weighted by Crippen LogP contribution is -2.07. The van der Waals surface area contributed by atoms with Crippen molar-refractivity contribution in [2.75, 3.05) is 5.32 Å². The van der Waals surface area contributed by atoms with Crippen LogP contribution in [0.25, 0.3) is 11.0 Å². The molecule has 1 amide bonds. The highest BCUT2D eigenvalue weighted by Gasteiger charge is 2.08. The minimum atomic E-state index is -0.309. The van der Waals surface area contributed by atoms with E-state index in [1.165, 1.54) is 17.4 Å². The molecule has 5 nitrogen and oxygen atoms in total. The normalized spacial score (nSPS) is 10.9. The third kappa shape index (κ3) is 2.86. The number of hydrogen-bond acceptors (Lipinski definition) is 4. The highest BCUT2D eigenvalue weighted by Crippen LogP contribution is 2.22. The van der Waals surface area contributed by atoms with Crippen LogP contribution in [0.1, 0.15) is 11.3 Å². The van der Waals surface area contributed by atoms with E-state index in [1.807, 2.05) is 22.0 Å². The Morgan fingerprint density at radius 1 is 1.50 bits per heavy atom. The summed E-state index contributed by atoms with van der Waals surface area (Å²) in [7, 11) is 0. The maximum absolute atomic E-state index is 11.9. The standard InChI is InChI=1S/C15H9ClN4OS/c16-14-12(20-6-7-22-15(20)19-14)4-5-13(21)18-11-3-1-2-10(8-11)9-17/h1-8H,(H,18,21)/b5-4+. The Balaban J connectivity index is 1.77. The van der Waals surface area contributed by atoms with Gasteiger partial charge in [0, 0.05) is 23.3 Å². The minimum Gasteiger partial charge on any atom is -0.322 e. The molecule has 0 bridgehead atoms. The highest BCUT2D eigenvalue weighted by atomic mass is 35.5. The van der Waals surface area contributed by atoms with Crippen molar-refractivity contribution in [1.82, 2.24) is 9.38 Å². The van der Waals surface area contributed by atoms with Crippen molar-refractivity contribution in [1.29, 1.82) is 5.26 Å². The second-order valence-electron chi connectivity index (χ2n) is 4.36. The second-order valence-corrected chi connectivity index (χ2v) is 5.59. The molecule has 0 saturated heterocycles. The summed E-state index contributed by atoms with van der Waals surface area (Å²) in [6, 6.07) is 8.73. The van der Waals surface area contributed by atoms with Crippen molar-refractivity contribution in [3.05, 3.63) is 58.3 Å². The Hall–Kier alpha value is -2.62. The number of carbonyl (C=O) groups excluding carboxylic acids is 1. The molecule has 0 fully saturated rings. The molecule has 22 heavy (non-hydrogen) atoms. The van der Waals surface area contributed by atoms with Crippen molar-refractivity contribution in [2.45, 2.75) is 0 Å². The first kappa shape index (κ1) is 14.3. The molecule has 0 saturated carbocycles. The van der Waals surface area contributed by atoms with Gasteiger partial charge < -0.3 is 5.32 Å². The molecule has 3 rings (SSSR count). The van der Waals surface area contributed by atoms with Gasteiger partial charge in [-0.05, 0) is 24.3 Å². The van der Waals surface area contributed by atoms with Gasteiger partial charge in [0.05, 0.1) is 17.3 Å². The van der Waals surface area contributed by atoms with Crippen LogP contribution in [0.3, 0.4) is 0 Å². The maximum atomic E-state index is 11.9. The molecule has 0 spiro atoms. The third-order valence-electron chi connectivity index (χ3n) is 2.91. The second kappa shape index (κ2) is 6.02. The number of nitrogens with one attached hydrogen (secondary N) is 1. The van der Waals surface area contributed by atoms with Gasteiger partial charge in [-0.3, -0.25) is 9.20 Å². The summed E-state index contributed by atoms with van der Waals surface area (Å²) in [5.74, 6) is -0.309. The monoisotopic (exact) mass is 328 g/mol. The van der Waals surface area contributed by atoms with Gasteiger partial charge in [-0.2, -0.15) is 5.26 Å². The summed E-state index contributed by atoms with van der Waals surface area (Å²) in [5.41, 5.74) is 1.70. The lowest BCUT2D eigenvalue weighted by atomic mass is 10.2. The first-order valence-corrected chi connectivity index (χ1v) is 7.53. The zero-order valence-corrected chi connectivity index (χ0v) is 12.7. The van der Waals surface area contributed by atoms with E-state index in [0.29, 0.717) is 22.1 Å². The number of nitrogens with zero attached hydrogens (tertiary/aromatic N) is 3. The van der Waals surface area contributed by atoms with E-state index >= 15 is 0 Å². The first-order valence-electron chi connectivity index (χ1n) is 6.27. The van der Waals surface area contributed by atoms with Crippen LogP contribution in [0.2, 0.25) is 5.15 Å². The van der Waals surface area contributed by atoms with Crippen LogP contribution in [-0.4, -0.2) is 15.3 Å². The Kier molecular flexibility index (Phi) is 3.92. The molecule has 1 aromatic carbocycles. The molecule has 108 valence electrons. The van der Waals surface area contributed by atoms with Gasteiger partial charge in [0.15, 0.2) is 10.1 Å². The van der Waals surface area contributed by atoms with E-state index in [-0.39, 0.29) is 5.91 Å². The van der Waals surface area contributed by atoms with E-state index < -0.39 is 0 Å². The van der Waals surface area contributed by atoms with E-state index in [2.05, 4.69) is 10.3 Å². The fourth-order valence-electron chi connectivity index (χ4n) is 1.93. The van der Waals surface area contributed by atoms with E-state index in [4.69, 9.17) is 16.9 Å². The molecule has 0 unspecified atom stereocenters. The van der Waals surface area contributed by atoms with Crippen molar-refractivity contribution in [2.24, 2.45) is 0 Å².